The zero-order chi connectivity index (χ0) is 17.2. The Morgan fingerprint density at radius 3 is 2.40 bits per heavy atom. The summed E-state index contributed by atoms with van der Waals surface area (Å²) < 4.78 is 17.8. The molecule has 0 saturated heterocycles. The van der Waals surface area contributed by atoms with Gasteiger partial charge in [0.1, 0.15) is 23.8 Å². The summed E-state index contributed by atoms with van der Waals surface area (Å²) in [5, 5.41) is 0. The minimum Gasteiger partial charge on any atom is -0.456 e. The van der Waals surface area contributed by atoms with Crippen molar-refractivity contribution in [3.05, 3.63) is 54.4 Å². The van der Waals surface area contributed by atoms with E-state index in [1.54, 1.807) is 0 Å². The molecule has 1 aliphatic rings. The van der Waals surface area contributed by atoms with Crippen LogP contribution >= 0.6 is 0 Å². The maximum atomic E-state index is 6.07. The minimum atomic E-state index is 0.353. The lowest BCUT2D eigenvalue weighted by atomic mass is 10.1. The molecule has 128 valence electrons. The van der Waals surface area contributed by atoms with Crippen LogP contribution in [0.3, 0.4) is 0 Å². The molecule has 1 aromatic heterocycles. The average Bonchev–Trinajstić information content (AvgIpc) is 2.98. The molecule has 0 amide bonds. The van der Waals surface area contributed by atoms with Gasteiger partial charge >= 0.3 is 0 Å². The van der Waals surface area contributed by atoms with Crippen molar-refractivity contribution in [3.63, 3.8) is 0 Å². The number of ether oxygens (including phenoxy) is 2. The van der Waals surface area contributed by atoms with E-state index in [1.807, 2.05) is 62.6 Å². The number of rotatable bonds is 5. The molecule has 0 N–H and O–H groups in total. The van der Waals surface area contributed by atoms with Crippen LogP contribution in [0.4, 0.5) is 0 Å². The molecule has 25 heavy (non-hydrogen) atoms. The molecule has 0 unspecified atom stereocenters. The molecular weight excluding hydrogens is 316 g/mol. The van der Waals surface area contributed by atoms with Crippen LogP contribution in [0.15, 0.2) is 52.9 Å². The van der Waals surface area contributed by atoms with E-state index in [0.29, 0.717) is 19.1 Å². The smallest absolute Gasteiger partial charge is 0.221 e. The van der Waals surface area contributed by atoms with Gasteiger partial charge in [-0.05, 0) is 38.4 Å². The molecule has 0 fully saturated rings. The number of nitrogens with zero attached hydrogens (tertiary/aromatic N) is 2. The van der Waals surface area contributed by atoms with Gasteiger partial charge in [-0.1, -0.05) is 24.3 Å². The first-order valence-corrected chi connectivity index (χ1v) is 8.31. The van der Waals surface area contributed by atoms with Crippen molar-refractivity contribution >= 4 is 0 Å². The van der Waals surface area contributed by atoms with E-state index >= 15 is 0 Å². The summed E-state index contributed by atoms with van der Waals surface area (Å²) in [5.74, 6) is 2.86. The van der Waals surface area contributed by atoms with Gasteiger partial charge < -0.3 is 18.8 Å². The van der Waals surface area contributed by atoms with Gasteiger partial charge in [0.2, 0.25) is 5.89 Å². The first-order chi connectivity index (χ1) is 12.2. The van der Waals surface area contributed by atoms with Crippen LogP contribution in [0.25, 0.3) is 22.6 Å². The molecular formula is C20H20N2O3. The summed E-state index contributed by atoms with van der Waals surface area (Å²) in [4.78, 5) is 6.76. The molecule has 5 nitrogen and oxygen atoms in total. The fraction of sp³-hybridized carbons (Fsp3) is 0.250. The second-order valence-corrected chi connectivity index (χ2v) is 6.24. The monoisotopic (exact) mass is 336 g/mol. The van der Waals surface area contributed by atoms with E-state index < -0.39 is 0 Å². The third-order valence-electron chi connectivity index (χ3n) is 4.07. The topological polar surface area (TPSA) is 47.7 Å². The Hall–Kier alpha value is -2.63. The third-order valence-corrected chi connectivity index (χ3v) is 4.07. The summed E-state index contributed by atoms with van der Waals surface area (Å²) in [6.45, 7) is 1.85. The highest BCUT2D eigenvalue weighted by molar-refractivity contribution is 5.85. The summed E-state index contributed by atoms with van der Waals surface area (Å²) in [6.07, 6.45) is 0. The van der Waals surface area contributed by atoms with Crippen molar-refractivity contribution in [1.29, 1.82) is 0 Å². The number of hydrogen-bond acceptors (Lipinski definition) is 5. The molecule has 0 aliphatic carbocycles. The lowest BCUT2D eigenvalue weighted by molar-refractivity contribution is 0.0899. The number of aromatic nitrogens is 1. The van der Waals surface area contributed by atoms with Crippen LogP contribution < -0.4 is 4.74 Å². The fourth-order valence-electron chi connectivity index (χ4n) is 2.81. The van der Waals surface area contributed by atoms with Crippen molar-refractivity contribution in [3.8, 4) is 34.1 Å². The van der Waals surface area contributed by atoms with E-state index in [4.69, 9.17) is 13.9 Å². The van der Waals surface area contributed by atoms with E-state index in [-0.39, 0.29) is 0 Å². The van der Waals surface area contributed by atoms with E-state index in [9.17, 15) is 0 Å². The molecule has 1 aliphatic heterocycles. The molecule has 0 radical (unpaired) electrons. The molecule has 5 heteroatoms. The van der Waals surface area contributed by atoms with Gasteiger partial charge in [0.15, 0.2) is 5.76 Å². The molecule has 4 rings (SSSR count). The van der Waals surface area contributed by atoms with Gasteiger partial charge in [-0.15, -0.1) is 0 Å². The first-order valence-electron chi connectivity index (χ1n) is 8.31. The molecule has 2 heterocycles. The van der Waals surface area contributed by atoms with Gasteiger partial charge in [-0.25, -0.2) is 4.98 Å². The Morgan fingerprint density at radius 1 is 0.960 bits per heavy atom. The van der Waals surface area contributed by atoms with E-state index in [0.717, 1.165) is 40.6 Å². The zero-order valence-corrected chi connectivity index (χ0v) is 14.4. The predicted octanol–water partition coefficient (Wildman–Crippen LogP) is 4.19. The van der Waals surface area contributed by atoms with Gasteiger partial charge in [0.05, 0.1) is 12.2 Å². The molecule has 0 spiro atoms. The largest absolute Gasteiger partial charge is 0.456 e. The van der Waals surface area contributed by atoms with E-state index in [2.05, 4.69) is 9.88 Å². The van der Waals surface area contributed by atoms with Crippen molar-refractivity contribution in [1.82, 2.24) is 9.88 Å². The molecule has 2 aromatic carbocycles. The normalized spacial score (nSPS) is 12.1. The third kappa shape index (κ3) is 3.16. The number of benzene rings is 2. The quantitative estimate of drug-likeness (QED) is 0.511. The Morgan fingerprint density at radius 2 is 1.64 bits per heavy atom. The summed E-state index contributed by atoms with van der Waals surface area (Å²) in [7, 11) is 4.04. The van der Waals surface area contributed by atoms with Crippen LogP contribution in [0.5, 0.6) is 11.5 Å². The molecule has 0 atom stereocenters. The fourth-order valence-corrected chi connectivity index (χ4v) is 2.81. The lowest BCUT2D eigenvalue weighted by Crippen LogP contribution is -2.17. The van der Waals surface area contributed by atoms with Crippen LogP contribution in [-0.4, -0.2) is 37.1 Å². The highest BCUT2D eigenvalue weighted by Crippen LogP contribution is 2.46. The van der Waals surface area contributed by atoms with Gasteiger partial charge in [-0.3, -0.25) is 0 Å². The number of hydrogen-bond donors (Lipinski definition) is 0. The second-order valence-electron chi connectivity index (χ2n) is 6.24. The molecule has 0 bridgehead atoms. The maximum Gasteiger partial charge on any atom is 0.221 e. The SMILES string of the molecule is CN(C)CCOCc1nc2c(o1)-c1ccccc1Oc1ccccc1-2. The summed E-state index contributed by atoms with van der Waals surface area (Å²) in [6, 6.07) is 15.7. The Balaban J connectivity index is 1.71. The number of likely N-dealkylation sites (N-methyl/N-ethyl adjacent to an activating group) is 1. The van der Waals surface area contributed by atoms with Crippen molar-refractivity contribution < 1.29 is 13.9 Å². The van der Waals surface area contributed by atoms with Crippen LogP contribution in [-0.2, 0) is 11.3 Å². The van der Waals surface area contributed by atoms with Crippen molar-refractivity contribution in [2.24, 2.45) is 0 Å². The highest BCUT2D eigenvalue weighted by Gasteiger charge is 2.25. The number of oxazole rings is 1. The van der Waals surface area contributed by atoms with Crippen LogP contribution in [0.1, 0.15) is 5.89 Å². The van der Waals surface area contributed by atoms with Crippen LogP contribution in [0.2, 0.25) is 0 Å². The second kappa shape index (κ2) is 6.70. The number of para-hydroxylation sites is 2. The van der Waals surface area contributed by atoms with Gasteiger partial charge in [0, 0.05) is 12.1 Å². The molecule has 3 aromatic rings. The first kappa shape index (κ1) is 15.9. The molecule has 0 saturated carbocycles. The zero-order valence-electron chi connectivity index (χ0n) is 14.4. The lowest BCUT2D eigenvalue weighted by Gasteiger charge is -2.09. The standard InChI is InChI=1S/C20H20N2O3/c1-22(2)11-12-23-13-18-21-19-14-7-3-5-9-16(14)24-17-10-6-4-8-15(17)20(19)25-18/h3-10H,11-13H2,1-2H3. The van der Waals surface area contributed by atoms with Crippen molar-refractivity contribution in [2.45, 2.75) is 6.61 Å². The van der Waals surface area contributed by atoms with Crippen molar-refractivity contribution in [2.75, 3.05) is 27.2 Å². The Labute approximate surface area is 146 Å². The van der Waals surface area contributed by atoms with Gasteiger partial charge in [0.25, 0.3) is 0 Å². The number of fused-ring (bicyclic) bond motifs is 5. The van der Waals surface area contributed by atoms with E-state index in [1.165, 1.54) is 0 Å². The van der Waals surface area contributed by atoms with Crippen LogP contribution in [0, 0.1) is 0 Å². The summed E-state index contributed by atoms with van der Waals surface area (Å²) in [5.41, 5.74) is 2.63. The minimum absolute atomic E-state index is 0.353. The predicted molar refractivity (Wildman–Crippen MR) is 95.7 cm³/mol. The average molecular weight is 336 g/mol. The van der Waals surface area contributed by atoms with Gasteiger partial charge in [-0.2, -0.15) is 0 Å². The Kier molecular flexibility index (Phi) is 4.26. The maximum absolute atomic E-state index is 6.07. The summed E-state index contributed by atoms with van der Waals surface area (Å²) >= 11 is 0. The highest BCUT2D eigenvalue weighted by atomic mass is 16.5. The Bertz CT molecular complexity index is 823.